The molecule has 1 amide bonds. The number of carbonyl (C=O) groups excluding carboxylic acids is 1. The molecule has 0 unspecified atom stereocenters. The molecule has 2 rings (SSSR count). The molecule has 1 aliphatic heterocycles. The first-order valence-electron chi connectivity index (χ1n) is 6.62. The number of nitrogens with one attached hydrogen (secondary N) is 1. The molecule has 0 aliphatic carbocycles. The Morgan fingerprint density at radius 2 is 2.13 bits per heavy atom. The number of hydrogen-bond donors (Lipinski definition) is 2. The highest BCUT2D eigenvalue weighted by Crippen LogP contribution is 2.23. The van der Waals surface area contributed by atoms with Crippen molar-refractivity contribution in [2.24, 2.45) is 0 Å². The number of hydrogen-bond acceptors (Lipinski definition) is 5. The first-order chi connectivity index (χ1) is 10.8. The Morgan fingerprint density at radius 3 is 2.74 bits per heavy atom. The van der Waals surface area contributed by atoms with E-state index in [-0.39, 0.29) is 35.2 Å². The molecule has 0 spiro atoms. The zero-order valence-corrected chi connectivity index (χ0v) is 13.7. The molecule has 0 saturated carbocycles. The Morgan fingerprint density at radius 1 is 1.43 bits per heavy atom. The zero-order valence-electron chi connectivity index (χ0n) is 12.2. The van der Waals surface area contributed by atoms with Crippen LogP contribution in [0.25, 0.3) is 0 Å². The Balaban J connectivity index is 2.42. The Kier molecular flexibility index (Phi) is 5.25. The summed E-state index contributed by atoms with van der Waals surface area (Å²) in [6, 6.07) is 2.54. The number of nitrogens with zero attached hydrogens (tertiary/aromatic N) is 1. The van der Waals surface area contributed by atoms with Crippen LogP contribution in [-0.4, -0.2) is 63.1 Å². The summed E-state index contributed by atoms with van der Waals surface area (Å²) >= 11 is 5.99. The standard InChI is InChI=1S/C13H15ClN2O6S/c1-15-23(20,21)8-2-3-10(14)9(6-8)12(17)16-4-5-22-7-11(16)13(18)19/h2-3,6,11,15H,4-5,7H2,1H3,(H,18,19)/t11-/m1/s1. The van der Waals surface area contributed by atoms with Gasteiger partial charge in [0.15, 0.2) is 6.04 Å². The molecule has 8 nitrogen and oxygen atoms in total. The lowest BCUT2D eigenvalue weighted by Gasteiger charge is -2.33. The molecule has 0 radical (unpaired) electrons. The van der Waals surface area contributed by atoms with Crippen LogP contribution in [0.1, 0.15) is 10.4 Å². The lowest BCUT2D eigenvalue weighted by atomic mass is 10.1. The van der Waals surface area contributed by atoms with Crippen molar-refractivity contribution >= 4 is 33.5 Å². The van der Waals surface area contributed by atoms with Crippen LogP contribution in [-0.2, 0) is 19.6 Å². The largest absolute Gasteiger partial charge is 0.480 e. The van der Waals surface area contributed by atoms with Gasteiger partial charge in [0.05, 0.1) is 28.7 Å². The van der Waals surface area contributed by atoms with Gasteiger partial charge in [-0.1, -0.05) is 11.6 Å². The molecule has 0 aromatic heterocycles. The molecule has 1 saturated heterocycles. The van der Waals surface area contributed by atoms with Gasteiger partial charge in [0.25, 0.3) is 5.91 Å². The van der Waals surface area contributed by atoms with Gasteiger partial charge in [0.1, 0.15) is 0 Å². The van der Waals surface area contributed by atoms with Crippen molar-refractivity contribution in [3.63, 3.8) is 0 Å². The van der Waals surface area contributed by atoms with Crippen LogP contribution >= 0.6 is 11.6 Å². The number of benzene rings is 1. The average molecular weight is 363 g/mol. The summed E-state index contributed by atoms with van der Waals surface area (Å²) in [7, 11) is -2.51. The van der Waals surface area contributed by atoms with Crippen LogP contribution in [0.4, 0.5) is 0 Å². The summed E-state index contributed by atoms with van der Waals surface area (Å²) in [5, 5.41) is 9.23. The maximum atomic E-state index is 12.6. The van der Waals surface area contributed by atoms with Gasteiger partial charge in [-0.05, 0) is 25.2 Å². The topological polar surface area (TPSA) is 113 Å². The molecule has 1 atom stereocenters. The van der Waals surface area contributed by atoms with E-state index in [0.717, 1.165) is 11.0 Å². The van der Waals surface area contributed by atoms with Crippen molar-refractivity contribution in [1.29, 1.82) is 0 Å². The summed E-state index contributed by atoms with van der Waals surface area (Å²) in [4.78, 5) is 24.8. The fraction of sp³-hybridized carbons (Fsp3) is 0.385. The maximum Gasteiger partial charge on any atom is 0.328 e. The van der Waals surface area contributed by atoms with Crippen molar-refractivity contribution < 1.29 is 27.9 Å². The number of amides is 1. The number of aliphatic carboxylic acids is 1. The third-order valence-electron chi connectivity index (χ3n) is 3.42. The number of ether oxygens (including phenoxy) is 1. The first kappa shape index (κ1) is 17.7. The summed E-state index contributed by atoms with van der Waals surface area (Å²) in [6.07, 6.45) is 0. The molecule has 1 aromatic rings. The van der Waals surface area contributed by atoms with Gasteiger partial charge in [0.2, 0.25) is 10.0 Å². The summed E-state index contributed by atoms with van der Waals surface area (Å²) in [6.45, 7) is 0.143. The van der Waals surface area contributed by atoms with E-state index in [0.29, 0.717) is 0 Å². The molecular weight excluding hydrogens is 348 g/mol. The van der Waals surface area contributed by atoms with Gasteiger partial charge in [0, 0.05) is 6.54 Å². The SMILES string of the molecule is CNS(=O)(=O)c1ccc(Cl)c(C(=O)N2CCOC[C@@H]2C(=O)O)c1. The quantitative estimate of drug-likeness (QED) is 0.789. The number of sulfonamides is 1. The van der Waals surface area contributed by atoms with E-state index in [2.05, 4.69) is 4.72 Å². The first-order valence-corrected chi connectivity index (χ1v) is 8.48. The molecule has 2 N–H and O–H groups in total. The number of carbonyl (C=O) groups is 2. The molecule has 10 heteroatoms. The van der Waals surface area contributed by atoms with Gasteiger partial charge in [-0.25, -0.2) is 17.9 Å². The van der Waals surface area contributed by atoms with Crippen LogP contribution in [0.5, 0.6) is 0 Å². The smallest absolute Gasteiger partial charge is 0.328 e. The molecule has 1 aliphatic rings. The number of carboxylic acids is 1. The lowest BCUT2D eigenvalue weighted by molar-refractivity contribution is -0.147. The van der Waals surface area contributed by atoms with Crippen molar-refractivity contribution in [2.75, 3.05) is 26.8 Å². The fourth-order valence-electron chi connectivity index (χ4n) is 2.16. The number of halogens is 1. The molecule has 1 heterocycles. The Labute approximate surface area is 138 Å². The minimum atomic E-state index is -3.75. The summed E-state index contributed by atoms with van der Waals surface area (Å²) in [5.41, 5.74) is -0.0730. The van der Waals surface area contributed by atoms with Gasteiger partial charge < -0.3 is 14.7 Å². The molecule has 126 valence electrons. The van der Waals surface area contributed by atoms with Gasteiger partial charge in [-0.15, -0.1) is 0 Å². The lowest BCUT2D eigenvalue weighted by Crippen LogP contribution is -2.52. The van der Waals surface area contributed by atoms with Crippen molar-refractivity contribution in [3.05, 3.63) is 28.8 Å². The third-order valence-corrected chi connectivity index (χ3v) is 5.16. The van der Waals surface area contributed by atoms with Crippen molar-refractivity contribution in [2.45, 2.75) is 10.9 Å². The van der Waals surface area contributed by atoms with E-state index in [1.807, 2.05) is 0 Å². The Hall–Kier alpha value is -1.68. The van der Waals surface area contributed by atoms with Crippen molar-refractivity contribution in [3.8, 4) is 0 Å². The number of morpholine rings is 1. The van der Waals surface area contributed by atoms with E-state index in [1.165, 1.54) is 19.2 Å². The minimum Gasteiger partial charge on any atom is -0.480 e. The summed E-state index contributed by atoms with van der Waals surface area (Å²) in [5.74, 6) is -1.85. The van der Waals surface area contributed by atoms with E-state index in [1.54, 1.807) is 0 Å². The second-order valence-corrected chi connectivity index (χ2v) is 7.07. The van der Waals surface area contributed by atoms with Crippen LogP contribution in [0.2, 0.25) is 5.02 Å². The monoisotopic (exact) mass is 362 g/mol. The normalized spacial score (nSPS) is 18.7. The van der Waals surface area contributed by atoms with Crippen LogP contribution in [0.15, 0.2) is 23.1 Å². The zero-order chi connectivity index (χ0) is 17.2. The third kappa shape index (κ3) is 3.63. The summed E-state index contributed by atoms with van der Waals surface area (Å²) < 4.78 is 30.9. The van der Waals surface area contributed by atoms with Crippen LogP contribution in [0.3, 0.4) is 0 Å². The van der Waals surface area contributed by atoms with Gasteiger partial charge in [-0.2, -0.15) is 0 Å². The second-order valence-electron chi connectivity index (χ2n) is 4.78. The second kappa shape index (κ2) is 6.83. The fourth-order valence-corrected chi connectivity index (χ4v) is 3.11. The Bertz CT molecular complexity index is 736. The van der Waals surface area contributed by atoms with E-state index in [9.17, 15) is 23.1 Å². The van der Waals surface area contributed by atoms with E-state index < -0.39 is 27.9 Å². The van der Waals surface area contributed by atoms with E-state index in [4.69, 9.17) is 16.3 Å². The van der Waals surface area contributed by atoms with Crippen molar-refractivity contribution in [1.82, 2.24) is 9.62 Å². The molecule has 0 bridgehead atoms. The van der Waals surface area contributed by atoms with Crippen LogP contribution < -0.4 is 4.72 Å². The predicted octanol–water partition coefficient (Wildman–Crippen LogP) is 0.174. The predicted molar refractivity (Wildman–Crippen MR) is 81.0 cm³/mol. The average Bonchev–Trinajstić information content (AvgIpc) is 2.54. The number of carboxylic acid groups (broad SMARTS) is 1. The highest BCUT2D eigenvalue weighted by atomic mass is 35.5. The highest BCUT2D eigenvalue weighted by molar-refractivity contribution is 7.89. The molecule has 1 aromatic carbocycles. The molecular formula is C13H15ClN2O6S. The molecule has 1 fully saturated rings. The van der Waals surface area contributed by atoms with Gasteiger partial charge >= 0.3 is 5.97 Å². The highest BCUT2D eigenvalue weighted by Gasteiger charge is 2.34. The van der Waals surface area contributed by atoms with Crippen LogP contribution in [0, 0.1) is 0 Å². The molecule has 23 heavy (non-hydrogen) atoms. The van der Waals surface area contributed by atoms with Gasteiger partial charge in [-0.3, -0.25) is 4.79 Å². The minimum absolute atomic E-state index is 0.0423. The van der Waals surface area contributed by atoms with E-state index >= 15 is 0 Å². The number of rotatable bonds is 4. The maximum absolute atomic E-state index is 12.6.